The van der Waals surface area contributed by atoms with Crippen LogP contribution in [0.1, 0.15) is 11.3 Å². The first kappa shape index (κ1) is 17.6. The van der Waals surface area contributed by atoms with Gasteiger partial charge in [0.25, 0.3) is 0 Å². The predicted octanol–water partition coefficient (Wildman–Crippen LogP) is 3.26. The number of benzene rings is 1. The number of halogens is 1. The van der Waals surface area contributed by atoms with Crippen LogP contribution in [-0.4, -0.2) is 36.6 Å². The molecule has 0 fully saturated rings. The van der Waals surface area contributed by atoms with E-state index >= 15 is 0 Å². The molecular weight excluding hydrogens is 400 g/mol. The van der Waals surface area contributed by atoms with Crippen LogP contribution < -0.4 is 5.32 Å². The number of nitrogens with one attached hydrogen (secondary N) is 1. The zero-order valence-electron chi connectivity index (χ0n) is 14.1. The zero-order chi connectivity index (χ0) is 17.8. The first-order valence-electron chi connectivity index (χ1n) is 7.78. The van der Waals surface area contributed by atoms with Gasteiger partial charge in [-0.1, -0.05) is 30.3 Å². The highest BCUT2D eigenvalue weighted by molar-refractivity contribution is 9.10. The molecule has 0 radical (unpaired) electrons. The van der Waals surface area contributed by atoms with E-state index < -0.39 is 0 Å². The molecule has 0 unspecified atom stereocenters. The summed E-state index contributed by atoms with van der Waals surface area (Å²) in [5.41, 5.74) is 3.14. The lowest BCUT2D eigenvalue weighted by Gasteiger charge is -2.20. The van der Waals surface area contributed by atoms with E-state index in [1.165, 1.54) is 5.56 Å². The number of hydrogen-bond acceptors (Lipinski definition) is 3. The molecule has 0 saturated heterocycles. The lowest BCUT2D eigenvalue weighted by atomic mass is 10.2. The van der Waals surface area contributed by atoms with Gasteiger partial charge in [0.15, 0.2) is 5.11 Å². The van der Waals surface area contributed by atoms with Crippen molar-refractivity contribution in [3.05, 3.63) is 64.7 Å². The minimum atomic E-state index is 0.632. The van der Waals surface area contributed by atoms with Crippen LogP contribution in [0.25, 0.3) is 0 Å². The van der Waals surface area contributed by atoms with Gasteiger partial charge in [0, 0.05) is 20.3 Å². The molecule has 0 spiro atoms. The highest BCUT2D eigenvalue weighted by atomic mass is 79.9. The number of nitrogens with zero attached hydrogens (tertiary/aromatic N) is 5. The molecule has 1 aromatic carbocycles. The lowest BCUT2D eigenvalue weighted by molar-refractivity contribution is 0.481. The minimum absolute atomic E-state index is 0.632. The fourth-order valence-corrected chi connectivity index (χ4v) is 3.07. The second kappa shape index (κ2) is 7.79. The van der Waals surface area contributed by atoms with Gasteiger partial charge in [-0.15, -0.1) is 0 Å². The normalized spacial score (nSPS) is 10.7. The van der Waals surface area contributed by atoms with E-state index in [2.05, 4.69) is 43.6 Å². The Kier molecular flexibility index (Phi) is 5.50. The molecule has 0 aliphatic rings. The molecule has 2 aromatic heterocycles. The Balaban J connectivity index is 1.59. The third-order valence-corrected chi connectivity index (χ3v) is 4.89. The SMILES string of the molecule is CN(Cc1c(Br)cnn1C)C(=S)Nc1cnn(Cc2ccccc2)c1. The Morgan fingerprint density at radius 3 is 2.68 bits per heavy atom. The summed E-state index contributed by atoms with van der Waals surface area (Å²) in [7, 11) is 3.86. The minimum Gasteiger partial charge on any atom is -0.346 e. The number of hydrogen-bond donors (Lipinski definition) is 1. The van der Waals surface area contributed by atoms with Crippen molar-refractivity contribution in [1.82, 2.24) is 24.5 Å². The van der Waals surface area contributed by atoms with E-state index in [1.54, 1.807) is 12.4 Å². The van der Waals surface area contributed by atoms with E-state index in [9.17, 15) is 0 Å². The van der Waals surface area contributed by atoms with Gasteiger partial charge in [0.1, 0.15) is 0 Å². The monoisotopic (exact) mass is 418 g/mol. The summed E-state index contributed by atoms with van der Waals surface area (Å²) < 4.78 is 4.69. The van der Waals surface area contributed by atoms with Gasteiger partial charge in [0.2, 0.25) is 0 Å². The summed E-state index contributed by atoms with van der Waals surface area (Å²) in [5, 5.41) is 12.5. The Hall–Kier alpha value is -2.19. The van der Waals surface area contributed by atoms with Crippen LogP contribution in [0.3, 0.4) is 0 Å². The van der Waals surface area contributed by atoms with Crippen LogP contribution in [-0.2, 0) is 20.1 Å². The summed E-state index contributed by atoms with van der Waals surface area (Å²) in [5.74, 6) is 0. The summed E-state index contributed by atoms with van der Waals surface area (Å²) in [6, 6.07) is 10.2. The Bertz CT molecular complexity index is 838. The molecule has 130 valence electrons. The second-order valence-corrected chi connectivity index (χ2v) is 7.00. The fourth-order valence-electron chi connectivity index (χ4n) is 2.41. The maximum Gasteiger partial charge on any atom is 0.173 e. The molecule has 3 aromatic rings. The van der Waals surface area contributed by atoms with Crippen molar-refractivity contribution in [2.75, 3.05) is 12.4 Å². The standard InChI is InChI=1S/C17H19BrN6S/c1-22(12-16-15(18)9-19-23(16)2)17(25)21-14-8-20-24(11-14)10-13-6-4-3-5-7-13/h3-9,11H,10,12H2,1-2H3,(H,21,25). The molecule has 6 nitrogen and oxygen atoms in total. The number of aryl methyl sites for hydroxylation is 1. The van der Waals surface area contributed by atoms with E-state index in [0.29, 0.717) is 11.7 Å². The number of thiocarbonyl (C=S) groups is 1. The number of rotatable bonds is 5. The summed E-state index contributed by atoms with van der Waals surface area (Å²) in [6.45, 7) is 1.38. The van der Waals surface area contributed by atoms with Gasteiger partial charge in [-0.2, -0.15) is 10.2 Å². The second-order valence-electron chi connectivity index (χ2n) is 5.76. The molecule has 2 heterocycles. The van der Waals surface area contributed by atoms with Crippen LogP contribution in [0.5, 0.6) is 0 Å². The van der Waals surface area contributed by atoms with Crippen molar-refractivity contribution >= 4 is 38.9 Å². The molecule has 0 saturated carbocycles. The Labute approximate surface area is 160 Å². The molecule has 0 atom stereocenters. The molecule has 0 aliphatic carbocycles. The van der Waals surface area contributed by atoms with E-state index in [1.807, 2.05) is 52.8 Å². The van der Waals surface area contributed by atoms with Gasteiger partial charge in [-0.25, -0.2) is 0 Å². The van der Waals surface area contributed by atoms with E-state index in [4.69, 9.17) is 12.2 Å². The lowest BCUT2D eigenvalue weighted by Crippen LogP contribution is -2.31. The topological polar surface area (TPSA) is 50.9 Å². The van der Waals surface area contributed by atoms with Crippen LogP contribution in [0.15, 0.2) is 53.4 Å². The van der Waals surface area contributed by atoms with Crippen molar-refractivity contribution in [2.45, 2.75) is 13.1 Å². The molecular formula is C17H19BrN6S. The molecule has 0 aliphatic heterocycles. The average Bonchev–Trinajstić information content (AvgIpc) is 3.16. The van der Waals surface area contributed by atoms with Crippen molar-refractivity contribution in [3.63, 3.8) is 0 Å². The molecule has 8 heteroatoms. The van der Waals surface area contributed by atoms with E-state index in [-0.39, 0.29) is 0 Å². The van der Waals surface area contributed by atoms with Gasteiger partial charge in [-0.05, 0) is 33.7 Å². The molecule has 3 rings (SSSR count). The maximum absolute atomic E-state index is 5.49. The Morgan fingerprint density at radius 2 is 2.00 bits per heavy atom. The van der Waals surface area contributed by atoms with Crippen LogP contribution in [0.2, 0.25) is 0 Å². The quantitative estimate of drug-likeness (QED) is 0.644. The maximum atomic E-state index is 5.49. The van der Waals surface area contributed by atoms with Crippen LogP contribution >= 0.6 is 28.1 Å². The number of aromatic nitrogens is 4. The van der Waals surface area contributed by atoms with Crippen molar-refractivity contribution in [1.29, 1.82) is 0 Å². The largest absolute Gasteiger partial charge is 0.346 e. The molecule has 0 bridgehead atoms. The summed E-state index contributed by atoms with van der Waals surface area (Å²) >= 11 is 9.00. The van der Waals surface area contributed by atoms with Crippen LogP contribution in [0, 0.1) is 0 Å². The third-order valence-electron chi connectivity index (χ3n) is 3.82. The van der Waals surface area contributed by atoms with Crippen LogP contribution in [0.4, 0.5) is 5.69 Å². The van der Waals surface area contributed by atoms with E-state index in [0.717, 1.165) is 22.4 Å². The third kappa shape index (κ3) is 4.46. The van der Waals surface area contributed by atoms with Crippen molar-refractivity contribution in [2.24, 2.45) is 7.05 Å². The molecule has 25 heavy (non-hydrogen) atoms. The van der Waals surface area contributed by atoms with Crippen molar-refractivity contribution in [3.8, 4) is 0 Å². The highest BCUT2D eigenvalue weighted by Crippen LogP contribution is 2.17. The first-order chi connectivity index (χ1) is 12.0. The number of anilines is 1. The van der Waals surface area contributed by atoms with Gasteiger partial charge in [0.05, 0.1) is 41.3 Å². The smallest absolute Gasteiger partial charge is 0.173 e. The highest BCUT2D eigenvalue weighted by Gasteiger charge is 2.12. The molecule has 0 amide bonds. The summed E-state index contributed by atoms with van der Waals surface area (Å²) in [6.07, 6.45) is 5.52. The predicted molar refractivity (Wildman–Crippen MR) is 106 cm³/mol. The zero-order valence-corrected chi connectivity index (χ0v) is 16.5. The van der Waals surface area contributed by atoms with Crippen molar-refractivity contribution < 1.29 is 0 Å². The van der Waals surface area contributed by atoms with Gasteiger partial charge in [-0.3, -0.25) is 9.36 Å². The van der Waals surface area contributed by atoms with Gasteiger partial charge >= 0.3 is 0 Å². The first-order valence-corrected chi connectivity index (χ1v) is 8.98. The fraction of sp³-hybridized carbons (Fsp3) is 0.235. The Morgan fingerprint density at radius 1 is 1.24 bits per heavy atom. The molecule has 1 N–H and O–H groups in total. The average molecular weight is 419 g/mol. The summed E-state index contributed by atoms with van der Waals surface area (Å²) in [4.78, 5) is 1.96. The van der Waals surface area contributed by atoms with Gasteiger partial charge < -0.3 is 10.2 Å².